The zero-order valence-electron chi connectivity index (χ0n) is 11.0. The van der Waals surface area contributed by atoms with Crippen LogP contribution in [-0.4, -0.2) is 30.8 Å². The summed E-state index contributed by atoms with van der Waals surface area (Å²) in [4.78, 5) is 12.4. The molecular weight excluding hydrogens is 244 g/mol. The Labute approximate surface area is 113 Å². The second-order valence-corrected chi connectivity index (χ2v) is 4.04. The zero-order valence-corrected chi connectivity index (χ0v) is 11.0. The Hall–Kier alpha value is -2.22. The van der Waals surface area contributed by atoms with Gasteiger partial charge in [0, 0.05) is 6.54 Å². The molecule has 1 aromatic carbocycles. The summed E-state index contributed by atoms with van der Waals surface area (Å²) in [6.07, 6.45) is 0.880. The molecule has 0 aromatic heterocycles. The number of hydrogen-bond donors (Lipinski definition) is 1. The second kappa shape index (κ2) is 7.98. The lowest BCUT2D eigenvalue weighted by Crippen LogP contribution is -2.27. The molecule has 0 aliphatic rings. The van der Waals surface area contributed by atoms with Gasteiger partial charge in [-0.05, 0) is 18.6 Å². The third-order valence-corrected chi connectivity index (χ3v) is 2.52. The first-order valence-corrected chi connectivity index (χ1v) is 6.24. The maximum atomic E-state index is 10.7. The summed E-state index contributed by atoms with van der Waals surface area (Å²) in [5, 5.41) is 17.6. The molecule has 0 saturated heterocycles. The van der Waals surface area contributed by atoms with E-state index in [0.717, 1.165) is 12.1 Å². The van der Waals surface area contributed by atoms with Crippen molar-refractivity contribution in [3.8, 4) is 11.8 Å². The summed E-state index contributed by atoms with van der Waals surface area (Å²) in [6.45, 7) is 3.03. The molecule has 1 aromatic rings. The largest absolute Gasteiger partial charge is 0.491 e. The summed E-state index contributed by atoms with van der Waals surface area (Å²) in [6, 6.07) is 9.42. The molecular formula is C14H18N2O3. The highest BCUT2D eigenvalue weighted by Crippen LogP contribution is 2.28. The number of carboxylic acid groups (broad SMARTS) is 1. The molecule has 0 radical (unpaired) electrons. The number of anilines is 1. The van der Waals surface area contributed by atoms with Crippen LogP contribution in [0.25, 0.3) is 0 Å². The number of aliphatic carboxylic acids is 1. The first-order valence-electron chi connectivity index (χ1n) is 6.24. The van der Waals surface area contributed by atoms with Crippen molar-refractivity contribution in [1.29, 1.82) is 5.26 Å². The van der Waals surface area contributed by atoms with Gasteiger partial charge in [-0.1, -0.05) is 19.1 Å². The van der Waals surface area contributed by atoms with Crippen LogP contribution in [0.15, 0.2) is 24.3 Å². The van der Waals surface area contributed by atoms with Gasteiger partial charge >= 0.3 is 5.97 Å². The van der Waals surface area contributed by atoms with Crippen LogP contribution in [0, 0.1) is 11.3 Å². The van der Waals surface area contributed by atoms with Crippen molar-refractivity contribution in [3.05, 3.63) is 24.3 Å². The molecule has 0 unspecified atom stereocenters. The average Bonchev–Trinajstić information content (AvgIpc) is 2.41. The second-order valence-electron chi connectivity index (χ2n) is 4.04. The maximum absolute atomic E-state index is 10.7. The van der Waals surface area contributed by atoms with Crippen LogP contribution in [0.4, 0.5) is 5.69 Å². The van der Waals surface area contributed by atoms with Gasteiger partial charge in [0.25, 0.3) is 0 Å². The van der Waals surface area contributed by atoms with Crippen LogP contribution in [0.5, 0.6) is 5.75 Å². The Bertz CT molecular complexity index is 454. The minimum atomic E-state index is -0.880. The third-order valence-electron chi connectivity index (χ3n) is 2.52. The highest BCUT2D eigenvalue weighted by Gasteiger charge is 2.13. The normalized spacial score (nSPS) is 9.68. The fourth-order valence-electron chi connectivity index (χ4n) is 1.65. The van der Waals surface area contributed by atoms with Crippen LogP contribution in [0.2, 0.25) is 0 Å². The Kier molecular flexibility index (Phi) is 6.23. The summed E-state index contributed by atoms with van der Waals surface area (Å²) < 4.78 is 5.62. The van der Waals surface area contributed by atoms with Crippen molar-refractivity contribution >= 4 is 11.7 Å². The molecule has 0 fully saturated rings. The molecule has 5 nitrogen and oxygen atoms in total. The molecule has 102 valence electrons. The van der Waals surface area contributed by atoms with Crippen molar-refractivity contribution in [3.63, 3.8) is 0 Å². The van der Waals surface area contributed by atoms with Crippen LogP contribution >= 0.6 is 0 Å². The van der Waals surface area contributed by atoms with E-state index in [-0.39, 0.29) is 19.5 Å². The molecule has 0 aliphatic carbocycles. The van der Waals surface area contributed by atoms with E-state index in [9.17, 15) is 4.79 Å². The summed E-state index contributed by atoms with van der Waals surface area (Å²) >= 11 is 0. The number of nitrogens with zero attached hydrogens (tertiary/aromatic N) is 2. The molecule has 0 heterocycles. The molecule has 0 saturated carbocycles. The van der Waals surface area contributed by atoms with Crippen molar-refractivity contribution in [2.24, 2.45) is 0 Å². The first kappa shape index (κ1) is 14.8. The molecule has 1 rings (SSSR count). The lowest BCUT2D eigenvalue weighted by atomic mass is 10.2. The van der Waals surface area contributed by atoms with Crippen LogP contribution in [-0.2, 0) is 4.79 Å². The van der Waals surface area contributed by atoms with Gasteiger partial charge in [-0.2, -0.15) is 5.26 Å². The van der Waals surface area contributed by atoms with E-state index in [2.05, 4.69) is 6.07 Å². The van der Waals surface area contributed by atoms with Crippen molar-refractivity contribution < 1.29 is 14.6 Å². The predicted molar refractivity (Wildman–Crippen MR) is 72.3 cm³/mol. The molecule has 0 spiro atoms. The quantitative estimate of drug-likeness (QED) is 0.727. The molecule has 0 bridgehead atoms. The minimum Gasteiger partial charge on any atom is -0.491 e. The molecule has 0 aliphatic heterocycles. The highest BCUT2D eigenvalue weighted by atomic mass is 16.5. The number of carboxylic acids is 1. The van der Waals surface area contributed by atoms with Crippen molar-refractivity contribution in [1.82, 2.24) is 0 Å². The van der Waals surface area contributed by atoms with E-state index < -0.39 is 5.97 Å². The molecule has 0 atom stereocenters. The summed E-state index contributed by atoms with van der Waals surface area (Å²) in [5.41, 5.74) is 0.763. The smallest absolute Gasteiger partial charge is 0.305 e. The van der Waals surface area contributed by atoms with Crippen LogP contribution < -0.4 is 9.64 Å². The third kappa shape index (κ3) is 4.88. The van der Waals surface area contributed by atoms with E-state index >= 15 is 0 Å². The monoisotopic (exact) mass is 262 g/mol. The Balaban J connectivity index is 2.87. The lowest BCUT2D eigenvalue weighted by molar-refractivity contribution is -0.136. The fraction of sp³-hybridized carbons (Fsp3) is 0.429. The van der Waals surface area contributed by atoms with Crippen molar-refractivity contribution in [2.45, 2.75) is 19.8 Å². The summed E-state index contributed by atoms with van der Waals surface area (Å²) in [7, 11) is 0. The predicted octanol–water partition coefficient (Wildman–Crippen LogP) is 2.28. The number of carbonyl (C=O) groups is 1. The van der Waals surface area contributed by atoms with Gasteiger partial charge in [-0.15, -0.1) is 0 Å². The van der Waals surface area contributed by atoms with Gasteiger partial charge in [0.05, 0.1) is 24.8 Å². The van der Waals surface area contributed by atoms with E-state index in [1.807, 2.05) is 31.2 Å². The topological polar surface area (TPSA) is 73.6 Å². The lowest BCUT2D eigenvalue weighted by Gasteiger charge is -2.23. The highest BCUT2D eigenvalue weighted by molar-refractivity contribution is 5.68. The number of benzene rings is 1. The molecule has 0 amide bonds. The van der Waals surface area contributed by atoms with Crippen LogP contribution in [0.3, 0.4) is 0 Å². The van der Waals surface area contributed by atoms with E-state index in [1.54, 1.807) is 4.90 Å². The Morgan fingerprint density at radius 1 is 1.47 bits per heavy atom. The fourth-order valence-corrected chi connectivity index (χ4v) is 1.65. The van der Waals surface area contributed by atoms with Gasteiger partial charge in [-0.3, -0.25) is 4.79 Å². The average molecular weight is 262 g/mol. The number of para-hydroxylation sites is 2. The maximum Gasteiger partial charge on any atom is 0.305 e. The first-order chi connectivity index (χ1) is 9.19. The van der Waals surface area contributed by atoms with Gasteiger partial charge in [-0.25, -0.2) is 0 Å². The zero-order chi connectivity index (χ0) is 14.1. The van der Waals surface area contributed by atoms with Crippen molar-refractivity contribution in [2.75, 3.05) is 24.6 Å². The number of hydrogen-bond acceptors (Lipinski definition) is 4. The van der Waals surface area contributed by atoms with Gasteiger partial charge < -0.3 is 14.7 Å². The van der Waals surface area contributed by atoms with Gasteiger partial charge in [0.2, 0.25) is 0 Å². The van der Waals surface area contributed by atoms with E-state index in [0.29, 0.717) is 12.4 Å². The summed E-state index contributed by atoms with van der Waals surface area (Å²) in [5.74, 6) is -0.195. The molecule has 19 heavy (non-hydrogen) atoms. The SMILES string of the molecule is CCCOc1ccccc1N(CC#N)CCC(=O)O. The Morgan fingerprint density at radius 3 is 2.84 bits per heavy atom. The number of nitriles is 1. The van der Waals surface area contributed by atoms with Gasteiger partial charge in [0.15, 0.2) is 0 Å². The van der Waals surface area contributed by atoms with Gasteiger partial charge in [0.1, 0.15) is 12.3 Å². The number of ether oxygens (including phenoxy) is 1. The van der Waals surface area contributed by atoms with Crippen LogP contribution in [0.1, 0.15) is 19.8 Å². The standard InChI is InChI=1S/C14H18N2O3/c1-2-11-19-13-6-4-3-5-12(13)16(10-8-15)9-7-14(17)18/h3-6H,2,7,9-11H2,1H3,(H,17,18). The van der Waals surface area contributed by atoms with E-state index in [4.69, 9.17) is 15.1 Å². The molecule has 5 heteroatoms. The van der Waals surface area contributed by atoms with E-state index in [1.165, 1.54) is 0 Å². The minimum absolute atomic E-state index is 0.0101. The molecule has 1 N–H and O–H groups in total. The Morgan fingerprint density at radius 2 is 2.21 bits per heavy atom. The number of rotatable bonds is 8.